The molecule has 144 valence electrons. The summed E-state index contributed by atoms with van der Waals surface area (Å²) < 4.78 is 0. The quantitative estimate of drug-likeness (QED) is 0.879. The molecule has 1 N–H and O–H groups in total. The number of nitrogens with zero attached hydrogens (tertiary/aromatic N) is 4. The Labute approximate surface area is 159 Å². The second-order valence-corrected chi connectivity index (χ2v) is 8.55. The molecule has 7 nitrogen and oxygen atoms in total. The molecule has 1 spiro atoms. The maximum Gasteiger partial charge on any atom is 0.273 e. The molecule has 4 aliphatic rings. The maximum atomic E-state index is 13.1. The molecule has 2 saturated carbocycles. The second kappa shape index (κ2) is 6.17. The number of hydrogen-bond acceptors (Lipinski definition) is 5. The van der Waals surface area contributed by atoms with Crippen LogP contribution in [0.3, 0.4) is 0 Å². The van der Waals surface area contributed by atoms with Crippen molar-refractivity contribution >= 4 is 17.8 Å². The highest BCUT2D eigenvalue weighted by molar-refractivity contribution is 5.95. The number of anilines is 1. The molecular weight excluding hydrogens is 342 g/mol. The van der Waals surface area contributed by atoms with Crippen molar-refractivity contribution in [2.75, 3.05) is 32.0 Å². The van der Waals surface area contributed by atoms with E-state index in [0.717, 1.165) is 43.6 Å². The molecule has 27 heavy (non-hydrogen) atoms. The first-order chi connectivity index (χ1) is 13.1. The Morgan fingerprint density at radius 2 is 1.85 bits per heavy atom. The number of aromatic nitrogens is 2. The number of nitrogens with one attached hydrogen (secondary N) is 1. The van der Waals surface area contributed by atoms with Crippen molar-refractivity contribution in [1.29, 1.82) is 0 Å². The summed E-state index contributed by atoms with van der Waals surface area (Å²) in [7, 11) is 1.77. The van der Waals surface area contributed by atoms with E-state index < -0.39 is 0 Å². The van der Waals surface area contributed by atoms with Crippen molar-refractivity contribution in [1.82, 2.24) is 19.8 Å². The van der Waals surface area contributed by atoms with Crippen LogP contribution in [0.2, 0.25) is 0 Å². The van der Waals surface area contributed by atoms with E-state index in [1.54, 1.807) is 7.05 Å². The number of carbonyl (C=O) groups excluding carboxylic acids is 2. The van der Waals surface area contributed by atoms with Gasteiger partial charge in [0.25, 0.3) is 5.91 Å². The monoisotopic (exact) mass is 369 g/mol. The summed E-state index contributed by atoms with van der Waals surface area (Å²) in [5.41, 5.74) is 2.58. The lowest BCUT2D eigenvalue weighted by atomic mass is 9.79. The minimum atomic E-state index is -0.0150. The Morgan fingerprint density at radius 3 is 2.48 bits per heavy atom. The van der Waals surface area contributed by atoms with Crippen molar-refractivity contribution in [3.05, 3.63) is 17.0 Å². The lowest BCUT2D eigenvalue weighted by molar-refractivity contribution is -0.135. The fourth-order valence-corrected chi connectivity index (χ4v) is 5.06. The standard InChI is InChI=1S/C20H27N5O2/c1-21-19-22-15-5-10-25(17(26)14-11-20(14)6-4-7-20)12-13(15)16(23-19)18(27)24-8-2-3-9-24/h14H,2-12H2,1H3,(H,21,22,23)/t14-/m1/s1. The van der Waals surface area contributed by atoms with Gasteiger partial charge >= 0.3 is 0 Å². The molecule has 5 rings (SSSR count). The third-order valence-electron chi connectivity index (χ3n) is 7.03. The lowest BCUT2D eigenvalue weighted by Crippen LogP contribution is -2.41. The first-order valence-electron chi connectivity index (χ1n) is 10.3. The van der Waals surface area contributed by atoms with Gasteiger partial charge in [0, 0.05) is 51.1 Å². The van der Waals surface area contributed by atoms with Gasteiger partial charge in [-0.2, -0.15) is 0 Å². The molecule has 2 amide bonds. The average molecular weight is 369 g/mol. The van der Waals surface area contributed by atoms with Crippen LogP contribution in [0.25, 0.3) is 0 Å². The SMILES string of the molecule is CNc1nc2c(c(C(=O)N3CCCC3)n1)CN(C(=O)[C@H]1CC13CCC3)CC2. The molecule has 0 aromatic carbocycles. The van der Waals surface area contributed by atoms with Crippen molar-refractivity contribution in [2.45, 2.75) is 51.5 Å². The van der Waals surface area contributed by atoms with Crippen LogP contribution >= 0.6 is 0 Å². The zero-order chi connectivity index (χ0) is 18.6. The van der Waals surface area contributed by atoms with Gasteiger partial charge in [-0.3, -0.25) is 9.59 Å². The molecule has 7 heteroatoms. The van der Waals surface area contributed by atoms with E-state index in [9.17, 15) is 9.59 Å². The van der Waals surface area contributed by atoms with Crippen LogP contribution in [0.5, 0.6) is 0 Å². The molecule has 0 bridgehead atoms. The Balaban J connectivity index is 1.42. The zero-order valence-electron chi connectivity index (χ0n) is 16.0. The van der Waals surface area contributed by atoms with Gasteiger partial charge in [-0.25, -0.2) is 9.97 Å². The summed E-state index contributed by atoms with van der Waals surface area (Å²) in [6.07, 6.45) is 7.53. The van der Waals surface area contributed by atoms with Gasteiger partial charge in [-0.05, 0) is 37.5 Å². The Kier molecular flexibility index (Phi) is 3.88. The zero-order valence-corrected chi connectivity index (χ0v) is 16.0. The van der Waals surface area contributed by atoms with Gasteiger partial charge in [0.2, 0.25) is 11.9 Å². The molecular formula is C20H27N5O2. The molecule has 3 heterocycles. The number of rotatable bonds is 3. The highest BCUT2D eigenvalue weighted by atomic mass is 16.2. The summed E-state index contributed by atoms with van der Waals surface area (Å²) in [4.78, 5) is 39.0. The fraction of sp³-hybridized carbons (Fsp3) is 0.700. The van der Waals surface area contributed by atoms with E-state index >= 15 is 0 Å². The van der Waals surface area contributed by atoms with E-state index in [2.05, 4.69) is 15.3 Å². The minimum Gasteiger partial charge on any atom is -0.357 e. The van der Waals surface area contributed by atoms with Gasteiger partial charge in [-0.15, -0.1) is 0 Å². The smallest absolute Gasteiger partial charge is 0.273 e. The van der Waals surface area contributed by atoms with Crippen LogP contribution in [0.1, 0.15) is 60.3 Å². The van der Waals surface area contributed by atoms with E-state index in [4.69, 9.17) is 0 Å². The molecule has 1 atom stereocenters. The molecule has 0 radical (unpaired) electrons. The third-order valence-corrected chi connectivity index (χ3v) is 7.03. The summed E-state index contributed by atoms with van der Waals surface area (Å²) in [6, 6.07) is 0. The molecule has 2 aliphatic carbocycles. The largest absolute Gasteiger partial charge is 0.357 e. The van der Waals surface area contributed by atoms with E-state index in [-0.39, 0.29) is 17.7 Å². The first-order valence-corrected chi connectivity index (χ1v) is 10.3. The lowest BCUT2D eigenvalue weighted by Gasteiger charge is -2.32. The molecule has 1 aromatic heterocycles. The summed E-state index contributed by atoms with van der Waals surface area (Å²) in [6.45, 7) is 2.75. The third kappa shape index (κ3) is 2.70. The van der Waals surface area contributed by atoms with Crippen LogP contribution < -0.4 is 5.32 Å². The summed E-state index contributed by atoms with van der Waals surface area (Å²) in [5.74, 6) is 0.964. The summed E-state index contributed by atoms with van der Waals surface area (Å²) in [5, 5.41) is 2.98. The molecule has 1 aromatic rings. The highest BCUT2D eigenvalue weighted by Gasteiger charge is 2.61. The Morgan fingerprint density at radius 1 is 1.07 bits per heavy atom. The van der Waals surface area contributed by atoms with Crippen molar-refractivity contribution in [2.24, 2.45) is 11.3 Å². The maximum absolute atomic E-state index is 13.1. The average Bonchev–Trinajstić information content (AvgIpc) is 3.22. The number of likely N-dealkylation sites (tertiary alicyclic amines) is 1. The number of carbonyl (C=O) groups is 2. The van der Waals surface area contributed by atoms with Crippen molar-refractivity contribution in [3.63, 3.8) is 0 Å². The first kappa shape index (κ1) is 17.0. The van der Waals surface area contributed by atoms with Crippen LogP contribution in [-0.4, -0.2) is 58.3 Å². The van der Waals surface area contributed by atoms with Crippen LogP contribution in [0.15, 0.2) is 0 Å². The number of fused-ring (bicyclic) bond motifs is 1. The van der Waals surface area contributed by atoms with E-state index in [1.165, 1.54) is 19.3 Å². The van der Waals surface area contributed by atoms with Gasteiger partial charge in [0.15, 0.2) is 0 Å². The van der Waals surface area contributed by atoms with E-state index in [0.29, 0.717) is 36.6 Å². The second-order valence-electron chi connectivity index (χ2n) is 8.55. The Bertz CT molecular complexity index is 798. The van der Waals surface area contributed by atoms with Gasteiger partial charge in [-0.1, -0.05) is 6.42 Å². The number of amides is 2. The van der Waals surface area contributed by atoms with E-state index in [1.807, 2.05) is 9.80 Å². The minimum absolute atomic E-state index is 0.0150. The topological polar surface area (TPSA) is 78.4 Å². The van der Waals surface area contributed by atoms with Crippen LogP contribution in [-0.2, 0) is 17.8 Å². The highest BCUT2D eigenvalue weighted by Crippen LogP contribution is 2.66. The fourth-order valence-electron chi connectivity index (χ4n) is 5.06. The molecule has 0 unspecified atom stereocenters. The Hall–Kier alpha value is -2.18. The van der Waals surface area contributed by atoms with Gasteiger partial charge in [0.05, 0.1) is 5.69 Å². The molecule has 3 fully saturated rings. The number of hydrogen-bond donors (Lipinski definition) is 1. The van der Waals surface area contributed by atoms with Gasteiger partial charge < -0.3 is 15.1 Å². The van der Waals surface area contributed by atoms with Crippen LogP contribution in [0.4, 0.5) is 5.95 Å². The predicted molar refractivity (Wildman–Crippen MR) is 100 cm³/mol. The molecule has 2 aliphatic heterocycles. The predicted octanol–water partition coefficient (Wildman–Crippen LogP) is 1.83. The normalized spacial score (nSPS) is 25.1. The van der Waals surface area contributed by atoms with Gasteiger partial charge in [0.1, 0.15) is 5.69 Å². The van der Waals surface area contributed by atoms with Crippen molar-refractivity contribution < 1.29 is 9.59 Å². The van der Waals surface area contributed by atoms with Crippen LogP contribution in [0, 0.1) is 11.3 Å². The summed E-state index contributed by atoms with van der Waals surface area (Å²) >= 11 is 0. The van der Waals surface area contributed by atoms with Crippen molar-refractivity contribution in [3.8, 4) is 0 Å². The molecule has 1 saturated heterocycles.